The van der Waals surface area contributed by atoms with Crippen LogP contribution in [0.1, 0.15) is 12.5 Å². The number of carbonyl (C=O) groups is 2. The first kappa shape index (κ1) is 17.7. The van der Waals surface area contributed by atoms with Crippen molar-refractivity contribution in [3.05, 3.63) is 53.2 Å². The molecule has 1 atom stereocenters. The number of nitrogens with zero attached hydrogens (tertiary/aromatic N) is 1. The number of rotatable bonds is 6. The van der Waals surface area contributed by atoms with Crippen LogP contribution in [0.4, 0.5) is 5.82 Å². The zero-order valence-corrected chi connectivity index (χ0v) is 14.0. The molecule has 0 fully saturated rings. The Morgan fingerprint density at radius 2 is 2.08 bits per heavy atom. The second kappa shape index (κ2) is 8.31. The van der Waals surface area contributed by atoms with Crippen LogP contribution in [0.15, 0.2) is 42.6 Å². The molecule has 0 saturated heterocycles. The third kappa shape index (κ3) is 5.55. The lowest BCUT2D eigenvalue weighted by Crippen LogP contribution is -2.31. The molecule has 126 valence electrons. The second-order valence-corrected chi connectivity index (χ2v) is 5.52. The van der Waals surface area contributed by atoms with E-state index in [9.17, 15) is 9.59 Å². The summed E-state index contributed by atoms with van der Waals surface area (Å²) in [5.41, 5.74) is 1.02. The van der Waals surface area contributed by atoms with Crippen molar-refractivity contribution in [2.24, 2.45) is 0 Å². The summed E-state index contributed by atoms with van der Waals surface area (Å²) in [4.78, 5) is 27.6. The molecule has 1 aromatic carbocycles. The number of benzene rings is 1. The maximum Gasteiger partial charge on any atom is 0.344 e. The maximum absolute atomic E-state index is 11.9. The van der Waals surface area contributed by atoms with Gasteiger partial charge in [0.15, 0.2) is 12.7 Å². The second-order valence-electron chi connectivity index (χ2n) is 5.09. The number of carbonyl (C=O) groups excluding carboxylic acids is 2. The van der Waals surface area contributed by atoms with Crippen molar-refractivity contribution in [2.45, 2.75) is 20.0 Å². The van der Waals surface area contributed by atoms with Gasteiger partial charge < -0.3 is 14.8 Å². The first-order valence-electron chi connectivity index (χ1n) is 7.25. The van der Waals surface area contributed by atoms with E-state index >= 15 is 0 Å². The Bertz CT molecular complexity index is 719. The fraction of sp³-hybridized carbons (Fsp3) is 0.235. The summed E-state index contributed by atoms with van der Waals surface area (Å²) in [6, 6.07) is 10.4. The van der Waals surface area contributed by atoms with E-state index in [-0.39, 0.29) is 6.61 Å². The van der Waals surface area contributed by atoms with Gasteiger partial charge in [0, 0.05) is 6.20 Å². The van der Waals surface area contributed by atoms with E-state index in [1.807, 2.05) is 19.1 Å². The highest BCUT2D eigenvalue weighted by Gasteiger charge is 2.18. The van der Waals surface area contributed by atoms with Crippen LogP contribution >= 0.6 is 11.6 Å². The quantitative estimate of drug-likeness (QED) is 0.812. The molecule has 1 aromatic heterocycles. The van der Waals surface area contributed by atoms with E-state index in [1.54, 1.807) is 24.3 Å². The highest BCUT2D eigenvalue weighted by molar-refractivity contribution is 6.30. The molecule has 7 heteroatoms. The summed E-state index contributed by atoms with van der Waals surface area (Å²) >= 11 is 5.72. The third-order valence-corrected chi connectivity index (χ3v) is 3.23. The normalized spacial score (nSPS) is 11.5. The van der Waals surface area contributed by atoms with Crippen molar-refractivity contribution in [3.8, 4) is 5.75 Å². The van der Waals surface area contributed by atoms with E-state index in [0.29, 0.717) is 16.6 Å². The number of ether oxygens (including phenoxy) is 2. The zero-order valence-electron chi connectivity index (χ0n) is 13.3. The summed E-state index contributed by atoms with van der Waals surface area (Å²) in [5.74, 6) is -0.241. The van der Waals surface area contributed by atoms with Crippen LogP contribution in [0.5, 0.6) is 5.75 Å². The molecule has 0 aliphatic carbocycles. The molecule has 0 saturated carbocycles. The number of halogens is 1. The monoisotopic (exact) mass is 348 g/mol. The molecular weight excluding hydrogens is 332 g/mol. The fourth-order valence-corrected chi connectivity index (χ4v) is 1.92. The number of nitrogens with one attached hydrogen (secondary N) is 1. The van der Waals surface area contributed by atoms with Crippen molar-refractivity contribution < 1.29 is 19.1 Å². The molecule has 24 heavy (non-hydrogen) atoms. The van der Waals surface area contributed by atoms with Gasteiger partial charge in [-0.25, -0.2) is 9.78 Å². The molecule has 6 nitrogen and oxygen atoms in total. The lowest BCUT2D eigenvalue weighted by Gasteiger charge is -2.13. The van der Waals surface area contributed by atoms with Gasteiger partial charge in [-0.3, -0.25) is 4.79 Å². The minimum Gasteiger partial charge on any atom is -0.482 e. The number of aryl methyl sites for hydroxylation is 1. The summed E-state index contributed by atoms with van der Waals surface area (Å²) in [5, 5.41) is 2.99. The molecule has 0 unspecified atom stereocenters. The first-order chi connectivity index (χ1) is 11.4. The fourth-order valence-electron chi connectivity index (χ4n) is 1.81. The van der Waals surface area contributed by atoms with E-state index in [2.05, 4.69) is 10.3 Å². The van der Waals surface area contributed by atoms with Gasteiger partial charge in [0.2, 0.25) is 0 Å². The number of esters is 1. The minimum atomic E-state index is -0.976. The summed E-state index contributed by atoms with van der Waals surface area (Å²) < 4.78 is 10.4. The first-order valence-corrected chi connectivity index (χ1v) is 7.63. The topological polar surface area (TPSA) is 77.5 Å². The molecule has 2 rings (SSSR count). The lowest BCUT2D eigenvalue weighted by atomic mass is 10.2. The molecular formula is C17H17ClN2O4. The van der Waals surface area contributed by atoms with E-state index in [4.69, 9.17) is 21.1 Å². The van der Waals surface area contributed by atoms with E-state index < -0.39 is 18.0 Å². The van der Waals surface area contributed by atoms with Gasteiger partial charge in [0.05, 0.1) is 5.02 Å². The van der Waals surface area contributed by atoms with E-state index in [0.717, 1.165) is 5.56 Å². The predicted molar refractivity (Wildman–Crippen MR) is 90.1 cm³/mol. The minimum absolute atomic E-state index is 0.278. The number of pyridine rings is 1. The molecule has 1 heterocycles. The van der Waals surface area contributed by atoms with Crippen LogP contribution in [0.25, 0.3) is 0 Å². The molecule has 0 bridgehead atoms. The third-order valence-electron chi connectivity index (χ3n) is 3.00. The Kier molecular flexibility index (Phi) is 6.14. The average Bonchev–Trinajstić information content (AvgIpc) is 2.55. The molecule has 1 amide bonds. The SMILES string of the molecule is Cc1cccc(OCC(=O)O[C@@H](C)C(=O)Nc2ccc(Cl)cn2)c1. The zero-order chi connectivity index (χ0) is 17.5. The number of aromatic nitrogens is 1. The van der Waals surface area contributed by atoms with Gasteiger partial charge in [-0.15, -0.1) is 0 Å². The van der Waals surface area contributed by atoms with Crippen molar-refractivity contribution in [3.63, 3.8) is 0 Å². The molecule has 1 N–H and O–H groups in total. The smallest absolute Gasteiger partial charge is 0.344 e. The van der Waals surface area contributed by atoms with Crippen LogP contribution in [0.2, 0.25) is 5.02 Å². The number of hydrogen-bond acceptors (Lipinski definition) is 5. The number of hydrogen-bond donors (Lipinski definition) is 1. The molecule has 2 aromatic rings. The van der Waals surface area contributed by atoms with Crippen molar-refractivity contribution >= 4 is 29.3 Å². The number of anilines is 1. The predicted octanol–water partition coefficient (Wildman–Crippen LogP) is 2.99. The van der Waals surface area contributed by atoms with Gasteiger partial charge in [-0.2, -0.15) is 0 Å². The summed E-state index contributed by atoms with van der Waals surface area (Å²) in [7, 11) is 0. The highest BCUT2D eigenvalue weighted by atomic mass is 35.5. The Morgan fingerprint density at radius 3 is 2.75 bits per heavy atom. The van der Waals surface area contributed by atoms with Crippen LogP contribution in [-0.4, -0.2) is 29.6 Å². The molecule has 0 aliphatic rings. The van der Waals surface area contributed by atoms with Crippen LogP contribution in [0, 0.1) is 6.92 Å². The van der Waals surface area contributed by atoms with Gasteiger partial charge >= 0.3 is 5.97 Å². The van der Waals surface area contributed by atoms with Gasteiger partial charge in [0.25, 0.3) is 5.91 Å². The van der Waals surface area contributed by atoms with Crippen LogP contribution in [-0.2, 0) is 14.3 Å². The molecule has 0 spiro atoms. The van der Waals surface area contributed by atoms with Crippen molar-refractivity contribution in [1.82, 2.24) is 4.98 Å². The Morgan fingerprint density at radius 1 is 1.29 bits per heavy atom. The average molecular weight is 349 g/mol. The maximum atomic E-state index is 11.9. The molecule has 0 radical (unpaired) electrons. The Balaban J connectivity index is 1.80. The largest absolute Gasteiger partial charge is 0.482 e. The van der Waals surface area contributed by atoms with Gasteiger partial charge in [-0.05, 0) is 43.7 Å². The Hall–Kier alpha value is -2.60. The van der Waals surface area contributed by atoms with Crippen molar-refractivity contribution in [1.29, 1.82) is 0 Å². The van der Waals surface area contributed by atoms with Crippen molar-refractivity contribution in [2.75, 3.05) is 11.9 Å². The molecule has 0 aliphatic heterocycles. The highest BCUT2D eigenvalue weighted by Crippen LogP contribution is 2.13. The van der Waals surface area contributed by atoms with Gasteiger partial charge in [0.1, 0.15) is 11.6 Å². The van der Waals surface area contributed by atoms with Gasteiger partial charge in [-0.1, -0.05) is 23.7 Å². The number of amides is 1. The van der Waals surface area contributed by atoms with E-state index in [1.165, 1.54) is 13.1 Å². The van der Waals surface area contributed by atoms with Crippen LogP contribution < -0.4 is 10.1 Å². The lowest BCUT2D eigenvalue weighted by molar-refractivity contribution is -0.155. The summed E-state index contributed by atoms with van der Waals surface area (Å²) in [6.45, 7) is 3.11. The standard InChI is InChI=1S/C17H17ClN2O4/c1-11-4-3-5-14(8-11)23-10-16(21)24-12(2)17(22)20-15-7-6-13(18)9-19-15/h3-9,12H,10H2,1-2H3,(H,19,20,22)/t12-/m0/s1. The van der Waals surface area contributed by atoms with Crippen LogP contribution in [0.3, 0.4) is 0 Å². The summed E-state index contributed by atoms with van der Waals surface area (Å²) in [6.07, 6.45) is 0.430. The Labute approximate surface area is 144 Å².